The second-order valence-corrected chi connectivity index (χ2v) is 5.72. The zero-order valence-corrected chi connectivity index (χ0v) is 12.3. The number of aromatic nitrogens is 1. The van der Waals surface area contributed by atoms with E-state index in [9.17, 15) is 10.1 Å². The van der Waals surface area contributed by atoms with Gasteiger partial charge in [-0.3, -0.25) is 10.1 Å². The van der Waals surface area contributed by atoms with Gasteiger partial charge in [-0.05, 0) is 29.8 Å². The van der Waals surface area contributed by atoms with Crippen molar-refractivity contribution >= 4 is 44.5 Å². The van der Waals surface area contributed by atoms with Crippen molar-refractivity contribution in [2.45, 2.75) is 6.54 Å². The topological polar surface area (TPSA) is 68.1 Å². The van der Waals surface area contributed by atoms with Crippen molar-refractivity contribution in [1.29, 1.82) is 0 Å². The van der Waals surface area contributed by atoms with E-state index in [1.54, 1.807) is 23.7 Å². The number of hydrogen-bond donors (Lipinski definition) is 1. The first kappa shape index (κ1) is 13.8. The van der Waals surface area contributed by atoms with Gasteiger partial charge in [0.2, 0.25) is 0 Å². The quantitative estimate of drug-likeness (QED) is 0.569. The normalized spacial score (nSPS) is 10.7. The molecule has 5 nitrogen and oxygen atoms in total. The van der Waals surface area contributed by atoms with Crippen LogP contribution in [0.25, 0.3) is 10.2 Å². The number of nitro groups is 1. The van der Waals surface area contributed by atoms with Crippen molar-refractivity contribution in [3.05, 3.63) is 62.6 Å². The molecule has 21 heavy (non-hydrogen) atoms. The first-order valence-corrected chi connectivity index (χ1v) is 7.40. The van der Waals surface area contributed by atoms with Gasteiger partial charge in [-0.25, -0.2) is 4.98 Å². The van der Waals surface area contributed by atoms with Gasteiger partial charge >= 0.3 is 5.69 Å². The minimum absolute atomic E-state index is 0.0164. The van der Waals surface area contributed by atoms with E-state index in [-0.39, 0.29) is 5.69 Å². The van der Waals surface area contributed by atoms with Gasteiger partial charge in [0.25, 0.3) is 0 Å². The lowest BCUT2D eigenvalue weighted by molar-refractivity contribution is -0.382. The number of thiazole rings is 1. The molecule has 2 aromatic carbocycles. The molecule has 0 saturated carbocycles. The molecule has 1 heterocycles. The average molecular weight is 320 g/mol. The minimum Gasteiger partial charge on any atom is -0.375 e. The Kier molecular flexibility index (Phi) is 3.72. The summed E-state index contributed by atoms with van der Waals surface area (Å²) in [4.78, 5) is 15.0. The molecule has 3 rings (SSSR count). The van der Waals surface area contributed by atoms with Crippen LogP contribution in [0.4, 0.5) is 11.4 Å². The van der Waals surface area contributed by atoms with E-state index < -0.39 is 4.92 Å². The first-order chi connectivity index (χ1) is 10.1. The van der Waals surface area contributed by atoms with E-state index in [0.717, 1.165) is 10.3 Å². The van der Waals surface area contributed by atoms with Crippen molar-refractivity contribution < 1.29 is 4.92 Å². The molecule has 0 radical (unpaired) electrons. The van der Waals surface area contributed by atoms with Crippen LogP contribution >= 0.6 is 22.9 Å². The first-order valence-electron chi connectivity index (χ1n) is 6.14. The molecule has 0 unspecified atom stereocenters. The highest BCUT2D eigenvalue weighted by Crippen LogP contribution is 2.34. The van der Waals surface area contributed by atoms with Crippen molar-refractivity contribution in [2.75, 3.05) is 5.32 Å². The van der Waals surface area contributed by atoms with Crippen LogP contribution < -0.4 is 5.32 Å². The summed E-state index contributed by atoms with van der Waals surface area (Å²) in [5.41, 5.74) is 3.51. The molecule has 0 amide bonds. The number of halogens is 1. The molecule has 0 saturated heterocycles. The fourth-order valence-corrected chi connectivity index (χ4v) is 2.85. The third-order valence-corrected chi connectivity index (χ3v) is 4.10. The van der Waals surface area contributed by atoms with Crippen molar-refractivity contribution in [3.8, 4) is 0 Å². The maximum Gasteiger partial charge on any atom is 0.319 e. The third kappa shape index (κ3) is 2.81. The van der Waals surface area contributed by atoms with E-state index in [0.29, 0.717) is 22.8 Å². The summed E-state index contributed by atoms with van der Waals surface area (Å²) in [5, 5.41) is 15.1. The van der Waals surface area contributed by atoms with Gasteiger partial charge in [0.15, 0.2) is 5.52 Å². The van der Waals surface area contributed by atoms with Gasteiger partial charge in [-0.15, -0.1) is 11.3 Å². The van der Waals surface area contributed by atoms with Gasteiger partial charge in [0.05, 0.1) is 15.1 Å². The maximum atomic E-state index is 11.3. The van der Waals surface area contributed by atoms with Gasteiger partial charge in [-0.2, -0.15) is 0 Å². The molecule has 0 aliphatic carbocycles. The van der Waals surface area contributed by atoms with Gasteiger partial charge in [-0.1, -0.05) is 23.7 Å². The van der Waals surface area contributed by atoms with Crippen LogP contribution in [0.3, 0.4) is 0 Å². The number of nitrogens with zero attached hydrogens (tertiary/aromatic N) is 2. The summed E-state index contributed by atoms with van der Waals surface area (Å²) in [6, 6.07) is 10.9. The molecule has 3 aromatic rings. The number of fused-ring (bicyclic) bond motifs is 1. The predicted octanol–water partition coefficient (Wildman–Crippen LogP) is 4.47. The number of nitro benzene ring substituents is 1. The van der Waals surface area contributed by atoms with Crippen LogP contribution in [0.1, 0.15) is 5.56 Å². The van der Waals surface area contributed by atoms with E-state index in [1.807, 2.05) is 18.2 Å². The van der Waals surface area contributed by atoms with Gasteiger partial charge in [0.1, 0.15) is 5.69 Å². The molecule has 1 N–H and O–H groups in total. The molecule has 0 aliphatic heterocycles. The summed E-state index contributed by atoms with van der Waals surface area (Å²) in [7, 11) is 0. The standard InChI is InChI=1S/C14H10ClN3O2S/c15-10-3-1-9(2-4-10)7-16-11-5-6-12-13(17-8-21-12)14(11)18(19)20/h1-6,8,16H,7H2. The molecule has 7 heteroatoms. The SMILES string of the molecule is O=[N+]([O-])c1c(NCc2ccc(Cl)cc2)ccc2scnc12. The van der Waals surface area contributed by atoms with Crippen LogP contribution in [0.5, 0.6) is 0 Å². The lowest BCUT2D eigenvalue weighted by atomic mass is 10.2. The molecule has 0 fully saturated rings. The Bertz CT molecular complexity index is 802. The van der Waals surface area contributed by atoms with E-state index in [2.05, 4.69) is 10.3 Å². The van der Waals surface area contributed by atoms with Gasteiger partial charge < -0.3 is 5.32 Å². The summed E-state index contributed by atoms with van der Waals surface area (Å²) >= 11 is 7.22. The number of hydrogen-bond acceptors (Lipinski definition) is 5. The Balaban J connectivity index is 1.91. The lowest BCUT2D eigenvalue weighted by Crippen LogP contribution is -2.03. The van der Waals surface area contributed by atoms with Crippen LogP contribution in [0.15, 0.2) is 41.9 Å². The van der Waals surface area contributed by atoms with Crippen LogP contribution in [-0.4, -0.2) is 9.91 Å². The smallest absolute Gasteiger partial charge is 0.319 e. The Morgan fingerprint density at radius 3 is 2.71 bits per heavy atom. The molecule has 0 aliphatic rings. The zero-order valence-electron chi connectivity index (χ0n) is 10.7. The Morgan fingerprint density at radius 2 is 2.00 bits per heavy atom. The second kappa shape index (κ2) is 5.67. The van der Waals surface area contributed by atoms with Crippen LogP contribution in [0, 0.1) is 10.1 Å². The maximum absolute atomic E-state index is 11.3. The van der Waals surface area contributed by atoms with Crippen LogP contribution in [0.2, 0.25) is 5.02 Å². The van der Waals surface area contributed by atoms with E-state index in [1.165, 1.54) is 11.3 Å². The zero-order chi connectivity index (χ0) is 14.8. The van der Waals surface area contributed by atoms with Crippen molar-refractivity contribution in [1.82, 2.24) is 4.98 Å². The lowest BCUT2D eigenvalue weighted by Gasteiger charge is -2.07. The fraction of sp³-hybridized carbons (Fsp3) is 0.0714. The Morgan fingerprint density at radius 1 is 1.24 bits per heavy atom. The summed E-state index contributed by atoms with van der Waals surface area (Å²) in [5.74, 6) is 0. The number of anilines is 1. The van der Waals surface area contributed by atoms with E-state index in [4.69, 9.17) is 11.6 Å². The monoisotopic (exact) mass is 319 g/mol. The fourth-order valence-electron chi connectivity index (χ4n) is 2.04. The number of rotatable bonds is 4. The summed E-state index contributed by atoms with van der Waals surface area (Å²) in [6.45, 7) is 0.480. The molecular weight excluding hydrogens is 310 g/mol. The van der Waals surface area contributed by atoms with Crippen molar-refractivity contribution in [3.63, 3.8) is 0 Å². The average Bonchev–Trinajstić information content (AvgIpc) is 2.94. The second-order valence-electron chi connectivity index (χ2n) is 4.40. The predicted molar refractivity (Wildman–Crippen MR) is 85.1 cm³/mol. The highest BCUT2D eigenvalue weighted by atomic mass is 35.5. The minimum atomic E-state index is -0.397. The molecule has 0 spiro atoms. The molecule has 0 bridgehead atoms. The number of nitrogens with one attached hydrogen (secondary N) is 1. The van der Waals surface area contributed by atoms with Crippen LogP contribution in [-0.2, 0) is 6.54 Å². The summed E-state index contributed by atoms with van der Waals surface area (Å²) < 4.78 is 0.804. The molecule has 1 aromatic heterocycles. The highest BCUT2D eigenvalue weighted by Gasteiger charge is 2.20. The third-order valence-electron chi connectivity index (χ3n) is 3.05. The molecule has 0 atom stereocenters. The van der Waals surface area contributed by atoms with Crippen molar-refractivity contribution in [2.24, 2.45) is 0 Å². The Labute approximate surface area is 129 Å². The molecule has 106 valence electrons. The van der Waals surface area contributed by atoms with E-state index >= 15 is 0 Å². The molecular formula is C14H10ClN3O2S. The number of benzene rings is 2. The van der Waals surface area contributed by atoms with Gasteiger partial charge in [0, 0.05) is 11.6 Å². The summed E-state index contributed by atoms with van der Waals surface area (Å²) in [6.07, 6.45) is 0. The highest BCUT2D eigenvalue weighted by molar-refractivity contribution is 7.16. The largest absolute Gasteiger partial charge is 0.375 e. The Hall–Kier alpha value is -2.18.